The Kier molecular flexibility index (Phi) is 4.49. The van der Waals surface area contributed by atoms with E-state index < -0.39 is 0 Å². The Bertz CT molecular complexity index is 74.1. The normalized spacial score (nSPS) is 14.9. The largest absolute Gasteiger partial charge is 0.497 e. The minimum absolute atomic E-state index is 0. The van der Waals surface area contributed by atoms with Crippen LogP contribution in [0.3, 0.4) is 0 Å². The van der Waals surface area contributed by atoms with E-state index in [2.05, 4.69) is 0 Å². The molecular formula is C5H6OPb. The molecule has 0 saturated carbocycles. The van der Waals surface area contributed by atoms with Crippen LogP contribution in [0.25, 0.3) is 0 Å². The van der Waals surface area contributed by atoms with E-state index in [1.165, 1.54) is 0 Å². The standard InChI is InChI=1S/C5H6O.Pb/c1-2-4-6-5-3-1;/h1-4H,5H2;. The molecule has 36 valence electrons. The van der Waals surface area contributed by atoms with E-state index >= 15 is 0 Å². The van der Waals surface area contributed by atoms with Gasteiger partial charge in [0.1, 0.15) is 6.61 Å². The molecule has 1 aliphatic heterocycles. The SMILES string of the molecule is C1=CCOC=C1.[Pb]. The van der Waals surface area contributed by atoms with Crippen molar-refractivity contribution >= 4 is 27.3 Å². The molecule has 0 bridgehead atoms. The minimum atomic E-state index is 0. The van der Waals surface area contributed by atoms with Crippen molar-refractivity contribution in [2.75, 3.05) is 6.61 Å². The molecule has 1 nitrogen and oxygen atoms in total. The Labute approximate surface area is 63.2 Å². The fraction of sp³-hybridized carbons (Fsp3) is 0.200. The third-order valence-electron chi connectivity index (χ3n) is 0.614. The molecule has 0 aromatic carbocycles. The van der Waals surface area contributed by atoms with Gasteiger partial charge in [-0.1, -0.05) is 6.08 Å². The topological polar surface area (TPSA) is 9.23 Å². The fourth-order valence-electron chi connectivity index (χ4n) is 0.346. The summed E-state index contributed by atoms with van der Waals surface area (Å²) in [5, 5.41) is 0. The van der Waals surface area contributed by atoms with Crippen molar-refractivity contribution in [2.24, 2.45) is 0 Å². The molecule has 1 rings (SSSR count). The second-order valence-corrected chi connectivity index (χ2v) is 1.09. The zero-order valence-electron chi connectivity index (χ0n) is 3.92. The number of hydrogen-bond donors (Lipinski definition) is 0. The van der Waals surface area contributed by atoms with Gasteiger partial charge in [0.15, 0.2) is 0 Å². The van der Waals surface area contributed by atoms with E-state index in [9.17, 15) is 0 Å². The predicted molar refractivity (Wildman–Crippen MR) is 30.0 cm³/mol. The van der Waals surface area contributed by atoms with Crippen LogP contribution < -0.4 is 0 Å². The molecule has 0 amide bonds. The zero-order chi connectivity index (χ0) is 4.24. The van der Waals surface area contributed by atoms with Gasteiger partial charge < -0.3 is 4.74 Å². The summed E-state index contributed by atoms with van der Waals surface area (Å²) >= 11 is 0. The molecule has 0 unspecified atom stereocenters. The molecule has 0 spiro atoms. The van der Waals surface area contributed by atoms with Gasteiger partial charge in [0.25, 0.3) is 0 Å². The van der Waals surface area contributed by atoms with E-state index in [1.54, 1.807) is 6.26 Å². The molecule has 0 aliphatic carbocycles. The van der Waals surface area contributed by atoms with E-state index in [1.807, 2.05) is 18.2 Å². The molecule has 4 radical (unpaired) electrons. The molecule has 7 heavy (non-hydrogen) atoms. The minimum Gasteiger partial charge on any atom is -0.497 e. The Morgan fingerprint density at radius 1 is 1.29 bits per heavy atom. The van der Waals surface area contributed by atoms with Gasteiger partial charge in [0.05, 0.1) is 6.26 Å². The maximum atomic E-state index is 4.80. The molecule has 0 aromatic rings. The molecule has 0 atom stereocenters. The summed E-state index contributed by atoms with van der Waals surface area (Å²) in [6.45, 7) is 0.733. The van der Waals surface area contributed by atoms with Crippen molar-refractivity contribution in [3.63, 3.8) is 0 Å². The van der Waals surface area contributed by atoms with Crippen LogP contribution in [0, 0.1) is 0 Å². The van der Waals surface area contributed by atoms with Gasteiger partial charge in [0, 0.05) is 27.3 Å². The van der Waals surface area contributed by atoms with Crippen LogP contribution in [-0.2, 0) is 4.74 Å². The fourth-order valence-corrected chi connectivity index (χ4v) is 0.346. The quantitative estimate of drug-likeness (QED) is 0.597. The van der Waals surface area contributed by atoms with Crippen LogP contribution in [0.2, 0.25) is 0 Å². The van der Waals surface area contributed by atoms with Crippen LogP contribution in [0.15, 0.2) is 24.5 Å². The molecular weight excluding hydrogens is 283 g/mol. The number of allylic oxidation sites excluding steroid dienone is 2. The summed E-state index contributed by atoms with van der Waals surface area (Å²) in [6.07, 6.45) is 7.47. The second kappa shape index (κ2) is 4.36. The summed E-state index contributed by atoms with van der Waals surface area (Å²) in [4.78, 5) is 0. The van der Waals surface area contributed by atoms with Gasteiger partial charge >= 0.3 is 0 Å². The Morgan fingerprint density at radius 3 is 2.29 bits per heavy atom. The van der Waals surface area contributed by atoms with Gasteiger partial charge in [-0.3, -0.25) is 0 Å². The van der Waals surface area contributed by atoms with Gasteiger partial charge in [-0.15, -0.1) is 0 Å². The smallest absolute Gasteiger partial charge is 0.106 e. The Morgan fingerprint density at radius 2 is 2.14 bits per heavy atom. The summed E-state index contributed by atoms with van der Waals surface area (Å²) in [7, 11) is 0. The van der Waals surface area contributed by atoms with Crippen LogP contribution in [0.1, 0.15) is 0 Å². The maximum Gasteiger partial charge on any atom is 0.106 e. The number of hydrogen-bond acceptors (Lipinski definition) is 1. The van der Waals surface area contributed by atoms with Crippen LogP contribution >= 0.6 is 0 Å². The molecule has 0 N–H and O–H groups in total. The van der Waals surface area contributed by atoms with Crippen LogP contribution in [0.5, 0.6) is 0 Å². The average Bonchev–Trinajstić information content (AvgIpc) is 1.72. The van der Waals surface area contributed by atoms with Crippen molar-refractivity contribution < 1.29 is 4.74 Å². The Hall–Kier alpha value is 0.202. The zero-order valence-corrected chi connectivity index (χ0v) is 7.81. The first kappa shape index (κ1) is 7.20. The number of ether oxygens (including phenoxy) is 1. The van der Waals surface area contributed by atoms with Crippen LogP contribution in [0.4, 0.5) is 0 Å². The third-order valence-corrected chi connectivity index (χ3v) is 0.614. The first-order valence-electron chi connectivity index (χ1n) is 1.93. The molecule has 0 saturated heterocycles. The molecule has 1 heterocycles. The molecule has 1 aliphatic rings. The van der Waals surface area contributed by atoms with Gasteiger partial charge in [0.2, 0.25) is 0 Å². The molecule has 2 heteroatoms. The average molecular weight is 289 g/mol. The van der Waals surface area contributed by atoms with Gasteiger partial charge in [-0.2, -0.15) is 0 Å². The first-order chi connectivity index (χ1) is 3.00. The van der Waals surface area contributed by atoms with Crippen molar-refractivity contribution in [1.29, 1.82) is 0 Å². The monoisotopic (exact) mass is 290 g/mol. The Balaban J connectivity index is 0.000000360. The van der Waals surface area contributed by atoms with Crippen molar-refractivity contribution in [1.82, 2.24) is 0 Å². The summed E-state index contributed by atoms with van der Waals surface area (Å²) < 4.78 is 4.80. The summed E-state index contributed by atoms with van der Waals surface area (Å²) in [5.74, 6) is 0. The molecule has 0 aromatic heterocycles. The van der Waals surface area contributed by atoms with E-state index in [4.69, 9.17) is 4.74 Å². The van der Waals surface area contributed by atoms with Crippen molar-refractivity contribution in [2.45, 2.75) is 0 Å². The van der Waals surface area contributed by atoms with Crippen LogP contribution in [-0.4, -0.2) is 33.9 Å². The predicted octanol–water partition coefficient (Wildman–Crippen LogP) is 0.706. The van der Waals surface area contributed by atoms with E-state index in [-0.39, 0.29) is 27.3 Å². The first-order valence-corrected chi connectivity index (χ1v) is 1.93. The van der Waals surface area contributed by atoms with Crippen molar-refractivity contribution in [3.8, 4) is 0 Å². The van der Waals surface area contributed by atoms with Gasteiger partial charge in [-0.05, 0) is 12.2 Å². The third kappa shape index (κ3) is 2.85. The summed E-state index contributed by atoms with van der Waals surface area (Å²) in [5.41, 5.74) is 0. The van der Waals surface area contributed by atoms with E-state index in [0.717, 1.165) is 6.61 Å². The molecule has 0 fully saturated rings. The van der Waals surface area contributed by atoms with E-state index in [0.29, 0.717) is 0 Å². The van der Waals surface area contributed by atoms with Crippen molar-refractivity contribution in [3.05, 3.63) is 24.5 Å². The number of rotatable bonds is 0. The van der Waals surface area contributed by atoms with Gasteiger partial charge in [-0.25, -0.2) is 0 Å². The second-order valence-electron chi connectivity index (χ2n) is 1.09. The summed E-state index contributed by atoms with van der Waals surface area (Å²) in [6, 6.07) is 0. The maximum absolute atomic E-state index is 4.80.